The molecule has 1 amide bonds. The van der Waals surface area contributed by atoms with Gasteiger partial charge in [-0.15, -0.1) is 0 Å². The van der Waals surface area contributed by atoms with Crippen molar-refractivity contribution in [1.82, 2.24) is 4.90 Å². The van der Waals surface area contributed by atoms with E-state index in [2.05, 4.69) is 0 Å². The summed E-state index contributed by atoms with van der Waals surface area (Å²) in [5, 5.41) is 0. The van der Waals surface area contributed by atoms with E-state index in [4.69, 9.17) is 14.2 Å². The Balaban J connectivity index is 1.41. The van der Waals surface area contributed by atoms with Gasteiger partial charge < -0.3 is 19.1 Å². The van der Waals surface area contributed by atoms with Crippen molar-refractivity contribution in [3.05, 3.63) is 23.8 Å². The highest BCUT2D eigenvalue weighted by molar-refractivity contribution is 5.76. The highest BCUT2D eigenvalue weighted by Gasteiger charge is 2.17. The first-order valence-electron chi connectivity index (χ1n) is 8.46. The van der Waals surface area contributed by atoms with E-state index < -0.39 is 0 Å². The summed E-state index contributed by atoms with van der Waals surface area (Å²) in [5.41, 5.74) is 1.10. The number of hydrogen-bond donors (Lipinski definition) is 0. The molecule has 5 heteroatoms. The molecule has 0 aliphatic carbocycles. The van der Waals surface area contributed by atoms with Gasteiger partial charge in [0.25, 0.3) is 0 Å². The molecule has 0 bridgehead atoms. The highest BCUT2D eigenvalue weighted by atomic mass is 16.7. The normalized spacial score (nSPS) is 19.6. The Bertz CT molecular complexity index is 540. The third-order valence-electron chi connectivity index (χ3n) is 4.55. The maximum atomic E-state index is 12.3. The van der Waals surface area contributed by atoms with Crippen LogP contribution >= 0.6 is 0 Å². The molecule has 1 unspecified atom stereocenters. The highest BCUT2D eigenvalue weighted by Crippen LogP contribution is 2.32. The minimum Gasteiger partial charge on any atom is -0.454 e. The fourth-order valence-corrected chi connectivity index (χ4v) is 3.04. The zero-order chi connectivity index (χ0) is 16.1. The molecule has 0 aromatic heterocycles. The number of ether oxygens (including phenoxy) is 3. The van der Waals surface area contributed by atoms with Gasteiger partial charge in [-0.05, 0) is 49.8 Å². The number of carbonyl (C=O) groups excluding carboxylic acids is 1. The van der Waals surface area contributed by atoms with E-state index >= 15 is 0 Å². The van der Waals surface area contributed by atoms with Gasteiger partial charge in [0.1, 0.15) is 0 Å². The van der Waals surface area contributed by atoms with Crippen LogP contribution in [0.5, 0.6) is 11.5 Å². The quantitative estimate of drug-likeness (QED) is 0.809. The molecule has 126 valence electrons. The van der Waals surface area contributed by atoms with Gasteiger partial charge in [0.2, 0.25) is 12.7 Å². The van der Waals surface area contributed by atoms with Gasteiger partial charge >= 0.3 is 0 Å². The van der Waals surface area contributed by atoms with Crippen molar-refractivity contribution in [2.45, 2.75) is 44.6 Å². The molecule has 0 saturated carbocycles. The average molecular weight is 319 g/mol. The lowest BCUT2D eigenvalue weighted by molar-refractivity contribution is -0.130. The summed E-state index contributed by atoms with van der Waals surface area (Å²) in [6, 6.07) is 5.87. The van der Waals surface area contributed by atoms with Crippen LogP contribution < -0.4 is 9.47 Å². The van der Waals surface area contributed by atoms with Crippen molar-refractivity contribution in [2.75, 3.05) is 27.0 Å². The molecule has 1 fully saturated rings. The Labute approximate surface area is 137 Å². The third kappa shape index (κ3) is 4.38. The van der Waals surface area contributed by atoms with Gasteiger partial charge in [0.05, 0.1) is 6.10 Å². The SMILES string of the molecule is CN(CCC1CCCCO1)C(=O)CCc1ccc2c(c1)OCO2. The maximum Gasteiger partial charge on any atom is 0.231 e. The zero-order valence-electron chi connectivity index (χ0n) is 13.8. The molecule has 0 N–H and O–H groups in total. The molecule has 1 saturated heterocycles. The fraction of sp³-hybridized carbons (Fsp3) is 0.611. The number of hydrogen-bond acceptors (Lipinski definition) is 4. The van der Waals surface area contributed by atoms with E-state index in [1.165, 1.54) is 12.8 Å². The summed E-state index contributed by atoms with van der Waals surface area (Å²) in [7, 11) is 1.88. The van der Waals surface area contributed by atoms with Crippen LogP contribution in [0.2, 0.25) is 0 Å². The Kier molecular flexibility index (Phi) is 5.39. The standard InChI is InChI=1S/C18H25NO4/c1-19(10-9-15-4-2-3-11-21-15)18(20)8-6-14-5-7-16-17(12-14)23-13-22-16/h5,7,12,15H,2-4,6,8-11,13H2,1H3. The Morgan fingerprint density at radius 2 is 2.13 bits per heavy atom. The molecule has 0 spiro atoms. The molecule has 0 radical (unpaired) electrons. The lowest BCUT2D eigenvalue weighted by Crippen LogP contribution is -2.31. The molecule has 1 aromatic rings. The Hall–Kier alpha value is -1.75. The average Bonchev–Trinajstić information content (AvgIpc) is 3.06. The van der Waals surface area contributed by atoms with Crippen LogP contribution in [-0.4, -0.2) is 43.9 Å². The number of aryl methyl sites for hydroxylation is 1. The lowest BCUT2D eigenvalue weighted by Gasteiger charge is -2.25. The second-order valence-corrected chi connectivity index (χ2v) is 6.28. The number of amides is 1. The first kappa shape index (κ1) is 16.1. The summed E-state index contributed by atoms with van der Waals surface area (Å²) < 4.78 is 16.4. The van der Waals surface area contributed by atoms with Crippen molar-refractivity contribution >= 4 is 5.91 Å². The molecular formula is C18H25NO4. The van der Waals surface area contributed by atoms with Crippen LogP contribution in [0.3, 0.4) is 0 Å². The Morgan fingerprint density at radius 3 is 2.96 bits per heavy atom. The second-order valence-electron chi connectivity index (χ2n) is 6.28. The van der Waals surface area contributed by atoms with Crippen molar-refractivity contribution < 1.29 is 19.0 Å². The third-order valence-corrected chi connectivity index (χ3v) is 4.55. The number of benzene rings is 1. The van der Waals surface area contributed by atoms with E-state index in [9.17, 15) is 4.79 Å². The zero-order valence-corrected chi connectivity index (χ0v) is 13.8. The van der Waals surface area contributed by atoms with Crippen LogP contribution in [0.15, 0.2) is 18.2 Å². The number of carbonyl (C=O) groups is 1. The molecule has 23 heavy (non-hydrogen) atoms. The van der Waals surface area contributed by atoms with Crippen LogP contribution in [0.4, 0.5) is 0 Å². The summed E-state index contributed by atoms with van der Waals surface area (Å²) >= 11 is 0. The van der Waals surface area contributed by atoms with Gasteiger partial charge in [-0.1, -0.05) is 6.07 Å². The van der Waals surface area contributed by atoms with Gasteiger partial charge in [-0.2, -0.15) is 0 Å². The minimum atomic E-state index is 0.179. The van der Waals surface area contributed by atoms with E-state index in [1.54, 1.807) is 0 Å². The molecular weight excluding hydrogens is 294 g/mol. The smallest absolute Gasteiger partial charge is 0.231 e. The van der Waals surface area contributed by atoms with Crippen LogP contribution in [0.1, 0.15) is 37.7 Å². The van der Waals surface area contributed by atoms with Crippen LogP contribution in [-0.2, 0) is 16.0 Å². The van der Waals surface area contributed by atoms with E-state index in [1.807, 2.05) is 30.1 Å². The van der Waals surface area contributed by atoms with Crippen molar-refractivity contribution in [3.63, 3.8) is 0 Å². The molecule has 3 rings (SSSR count). The van der Waals surface area contributed by atoms with Crippen LogP contribution in [0.25, 0.3) is 0 Å². The van der Waals surface area contributed by atoms with Gasteiger partial charge in [-0.3, -0.25) is 4.79 Å². The Morgan fingerprint density at radius 1 is 1.26 bits per heavy atom. The molecule has 1 aromatic carbocycles. The largest absolute Gasteiger partial charge is 0.454 e. The predicted octanol–water partition coefficient (Wildman–Crippen LogP) is 2.77. The number of nitrogens with zero attached hydrogens (tertiary/aromatic N) is 1. The first-order chi connectivity index (χ1) is 11.2. The van der Waals surface area contributed by atoms with Crippen molar-refractivity contribution in [2.24, 2.45) is 0 Å². The van der Waals surface area contributed by atoms with Crippen LogP contribution in [0, 0.1) is 0 Å². The monoisotopic (exact) mass is 319 g/mol. The van der Waals surface area contributed by atoms with E-state index in [-0.39, 0.29) is 12.7 Å². The maximum absolute atomic E-state index is 12.3. The number of rotatable bonds is 6. The second kappa shape index (κ2) is 7.68. The summed E-state index contributed by atoms with van der Waals surface area (Å²) in [6.07, 6.45) is 6.04. The number of fused-ring (bicyclic) bond motifs is 1. The molecule has 2 heterocycles. The minimum absolute atomic E-state index is 0.179. The summed E-state index contributed by atoms with van der Waals surface area (Å²) in [5.74, 6) is 1.74. The molecule has 1 atom stereocenters. The molecule has 2 aliphatic heterocycles. The molecule has 2 aliphatic rings. The van der Waals surface area contributed by atoms with E-state index in [0.717, 1.165) is 49.5 Å². The van der Waals surface area contributed by atoms with E-state index in [0.29, 0.717) is 12.5 Å². The topological polar surface area (TPSA) is 48.0 Å². The first-order valence-corrected chi connectivity index (χ1v) is 8.46. The summed E-state index contributed by atoms with van der Waals surface area (Å²) in [6.45, 7) is 1.92. The summed E-state index contributed by atoms with van der Waals surface area (Å²) in [4.78, 5) is 14.1. The van der Waals surface area contributed by atoms with Crippen molar-refractivity contribution in [3.8, 4) is 11.5 Å². The molecule has 5 nitrogen and oxygen atoms in total. The van der Waals surface area contributed by atoms with Gasteiger partial charge in [-0.25, -0.2) is 0 Å². The lowest BCUT2D eigenvalue weighted by atomic mass is 10.1. The fourth-order valence-electron chi connectivity index (χ4n) is 3.04. The van der Waals surface area contributed by atoms with Crippen molar-refractivity contribution in [1.29, 1.82) is 0 Å². The predicted molar refractivity (Wildman–Crippen MR) is 86.7 cm³/mol. The van der Waals surface area contributed by atoms with Gasteiger partial charge in [0.15, 0.2) is 11.5 Å². The van der Waals surface area contributed by atoms with Gasteiger partial charge in [0, 0.05) is 26.6 Å².